The Kier molecular flexibility index (Phi) is 5.60. The van der Waals surface area contributed by atoms with Crippen molar-refractivity contribution in [2.75, 3.05) is 18.8 Å². The van der Waals surface area contributed by atoms with Gasteiger partial charge in [-0.3, -0.25) is 4.79 Å². The molecule has 0 bridgehead atoms. The van der Waals surface area contributed by atoms with E-state index in [-0.39, 0.29) is 16.6 Å². The van der Waals surface area contributed by atoms with E-state index in [1.807, 2.05) is 24.3 Å². The molecule has 4 rings (SSSR count). The lowest BCUT2D eigenvalue weighted by atomic mass is 10.1. The molecule has 3 aromatic rings. The van der Waals surface area contributed by atoms with Crippen molar-refractivity contribution in [3.8, 4) is 0 Å². The zero-order valence-corrected chi connectivity index (χ0v) is 17.1. The van der Waals surface area contributed by atoms with Crippen molar-refractivity contribution in [1.82, 2.24) is 9.88 Å². The first kappa shape index (κ1) is 19.9. The lowest BCUT2D eigenvalue weighted by molar-refractivity contribution is -0.129. The van der Waals surface area contributed by atoms with Gasteiger partial charge in [-0.15, -0.1) is 0 Å². The standard InChI is InChI=1S/C20H19FN2O4S2/c21-14-5-7-15(8-6-14)29(25,26)16-9-11-23(12-10-16)19(24)13-28-20-22-17-3-1-2-4-18(17)27-20/h1-8,16H,9-13H2. The largest absolute Gasteiger partial charge is 0.431 e. The maximum atomic E-state index is 13.1. The number of sulfone groups is 1. The third kappa shape index (κ3) is 4.30. The molecular formula is C20H19FN2O4S2. The van der Waals surface area contributed by atoms with Crippen LogP contribution in [0.4, 0.5) is 4.39 Å². The van der Waals surface area contributed by atoms with Crippen LogP contribution < -0.4 is 0 Å². The third-order valence-electron chi connectivity index (χ3n) is 4.97. The summed E-state index contributed by atoms with van der Waals surface area (Å²) in [4.78, 5) is 18.6. The topological polar surface area (TPSA) is 80.5 Å². The highest BCUT2D eigenvalue weighted by Crippen LogP contribution is 2.27. The highest BCUT2D eigenvalue weighted by Gasteiger charge is 2.32. The van der Waals surface area contributed by atoms with E-state index in [0.29, 0.717) is 36.7 Å². The molecule has 2 aromatic carbocycles. The van der Waals surface area contributed by atoms with Crippen molar-refractivity contribution in [2.24, 2.45) is 0 Å². The van der Waals surface area contributed by atoms with Crippen LogP contribution in [0.2, 0.25) is 0 Å². The molecule has 0 spiro atoms. The molecule has 0 unspecified atom stereocenters. The van der Waals surface area contributed by atoms with Crippen molar-refractivity contribution in [3.05, 3.63) is 54.3 Å². The maximum Gasteiger partial charge on any atom is 0.257 e. The average molecular weight is 435 g/mol. The van der Waals surface area contributed by atoms with Crippen LogP contribution in [0, 0.1) is 5.82 Å². The van der Waals surface area contributed by atoms with Crippen molar-refractivity contribution in [1.29, 1.82) is 0 Å². The summed E-state index contributed by atoms with van der Waals surface area (Å²) in [5, 5.41) is -0.130. The molecule has 0 N–H and O–H groups in total. The van der Waals surface area contributed by atoms with Crippen LogP contribution in [0.25, 0.3) is 11.1 Å². The molecule has 6 nitrogen and oxygen atoms in total. The summed E-state index contributed by atoms with van der Waals surface area (Å²) < 4.78 is 44.1. The number of carbonyl (C=O) groups excluding carboxylic acids is 1. The second-order valence-corrected chi connectivity index (χ2v) is 9.97. The molecule has 1 amide bonds. The Morgan fingerprint density at radius 3 is 2.52 bits per heavy atom. The Labute approximate surface area is 172 Å². The molecule has 0 radical (unpaired) electrons. The van der Waals surface area contributed by atoms with E-state index in [4.69, 9.17) is 4.42 Å². The second kappa shape index (κ2) is 8.16. The monoisotopic (exact) mass is 434 g/mol. The zero-order valence-electron chi connectivity index (χ0n) is 15.5. The van der Waals surface area contributed by atoms with Gasteiger partial charge in [-0.1, -0.05) is 23.9 Å². The minimum atomic E-state index is -3.53. The van der Waals surface area contributed by atoms with Gasteiger partial charge in [-0.05, 0) is 49.2 Å². The summed E-state index contributed by atoms with van der Waals surface area (Å²) in [6.07, 6.45) is 0.720. The van der Waals surface area contributed by atoms with Gasteiger partial charge in [-0.2, -0.15) is 0 Å². The summed E-state index contributed by atoms with van der Waals surface area (Å²) in [7, 11) is -3.53. The van der Waals surface area contributed by atoms with Gasteiger partial charge >= 0.3 is 0 Å². The smallest absolute Gasteiger partial charge is 0.257 e. The quantitative estimate of drug-likeness (QED) is 0.452. The number of oxazole rings is 1. The minimum Gasteiger partial charge on any atom is -0.431 e. The van der Waals surface area contributed by atoms with Crippen LogP contribution >= 0.6 is 11.8 Å². The Bertz CT molecular complexity index is 1090. The highest BCUT2D eigenvalue weighted by molar-refractivity contribution is 7.99. The number of hydrogen-bond donors (Lipinski definition) is 0. The van der Waals surface area contributed by atoms with E-state index in [1.165, 1.54) is 23.9 Å². The van der Waals surface area contributed by atoms with Gasteiger partial charge in [0.1, 0.15) is 11.3 Å². The van der Waals surface area contributed by atoms with Gasteiger partial charge in [0.25, 0.3) is 5.22 Å². The van der Waals surface area contributed by atoms with Crippen molar-refractivity contribution in [3.63, 3.8) is 0 Å². The maximum absolute atomic E-state index is 13.1. The van der Waals surface area contributed by atoms with Gasteiger partial charge in [0.05, 0.1) is 15.9 Å². The fourth-order valence-corrected chi connectivity index (χ4v) is 5.83. The van der Waals surface area contributed by atoms with E-state index in [0.717, 1.165) is 17.6 Å². The molecule has 0 atom stereocenters. The molecule has 1 aromatic heterocycles. The lowest BCUT2D eigenvalue weighted by Crippen LogP contribution is -2.43. The number of rotatable bonds is 5. The molecule has 0 aliphatic carbocycles. The number of thioether (sulfide) groups is 1. The number of halogens is 1. The first-order valence-corrected chi connectivity index (χ1v) is 11.7. The Hall–Kier alpha value is -2.39. The number of likely N-dealkylation sites (tertiary alicyclic amines) is 1. The number of piperidine rings is 1. The minimum absolute atomic E-state index is 0.0742. The molecule has 1 aliphatic heterocycles. The SMILES string of the molecule is O=C(CSc1nc2ccccc2o1)N1CCC(S(=O)(=O)c2ccc(F)cc2)CC1. The number of hydrogen-bond acceptors (Lipinski definition) is 6. The van der Waals surface area contributed by atoms with E-state index >= 15 is 0 Å². The number of benzene rings is 2. The number of fused-ring (bicyclic) bond motifs is 1. The third-order valence-corrected chi connectivity index (χ3v) is 8.06. The van der Waals surface area contributed by atoms with Crippen LogP contribution in [0.3, 0.4) is 0 Å². The normalized spacial score (nSPS) is 15.7. The average Bonchev–Trinajstić information content (AvgIpc) is 3.15. The Morgan fingerprint density at radius 1 is 1.14 bits per heavy atom. The number of carbonyl (C=O) groups is 1. The van der Waals surface area contributed by atoms with Gasteiger partial charge in [-0.25, -0.2) is 17.8 Å². The molecule has 0 saturated carbocycles. The first-order chi connectivity index (χ1) is 13.9. The summed E-state index contributed by atoms with van der Waals surface area (Å²) >= 11 is 1.23. The number of nitrogens with zero attached hydrogens (tertiary/aromatic N) is 2. The predicted molar refractivity (Wildman–Crippen MR) is 108 cm³/mol. The van der Waals surface area contributed by atoms with E-state index in [9.17, 15) is 17.6 Å². The summed E-state index contributed by atoms with van der Waals surface area (Å²) in [5.41, 5.74) is 1.42. The first-order valence-electron chi connectivity index (χ1n) is 9.19. The van der Waals surface area contributed by atoms with Gasteiger partial charge in [0.2, 0.25) is 5.91 Å². The molecule has 1 fully saturated rings. The van der Waals surface area contributed by atoms with E-state index in [2.05, 4.69) is 4.98 Å². The van der Waals surface area contributed by atoms with E-state index < -0.39 is 20.9 Å². The molecule has 152 valence electrons. The fraction of sp³-hybridized carbons (Fsp3) is 0.300. The van der Waals surface area contributed by atoms with Crippen molar-refractivity contribution in [2.45, 2.75) is 28.2 Å². The molecule has 29 heavy (non-hydrogen) atoms. The van der Waals surface area contributed by atoms with Crippen LogP contribution in [0.1, 0.15) is 12.8 Å². The van der Waals surface area contributed by atoms with Gasteiger partial charge in [0, 0.05) is 13.1 Å². The molecule has 1 saturated heterocycles. The summed E-state index contributed by atoms with van der Waals surface area (Å²) in [5.74, 6) is -0.363. The molecule has 1 aliphatic rings. The second-order valence-electron chi connectivity index (χ2n) is 6.82. The van der Waals surface area contributed by atoms with Crippen LogP contribution in [-0.2, 0) is 14.6 Å². The van der Waals surface area contributed by atoms with Crippen LogP contribution in [0.15, 0.2) is 63.1 Å². The van der Waals surface area contributed by atoms with Crippen molar-refractivity contribution < 1.29 is 22.0 Å². The van der Waals surface area contributed by atoms with Gasteiger partial charge in [0.15, 0.2) is 15.4 Å². The Balaban J connectivity index is 1.32. The zero-order chi connectivity index (χ0) is 20.4. The molecule has 9 heteroatoms. The molecular weight excluding hydrogens is 415 g/mol. The summed E-state index contributed by atoms with van der Waals surface area (Å²) in [6.45, 7) is 0.746. The van der Waals surface area contributed by atoms with E-state index in [1.54, 1.807) is 4.90 Å². The van der Waals surface area contributed by atoms with Crippen LogP contribution in [-0.4, -0.2) is 48.3 Å². The number of amides is 1. The van der Waals surface area contributed by atoms with Crippen LogP contribution in [0.5, 0.6) is 0 Å². The number of para-hydroxylation sites is 2. The predicted octanol–water partition coefficient (Wildman–Crippen LogP) is 3.52. The highest BCUT2D eigenvalue weighted by atomic mass is 32.2. The lowest BCUT2D eigenvalue weighted by Gasteiger charge is -2.31. The molecule has 2 heterocycles. The fourth-order valence-electron chi connectivity index (χ4n) is 3.36. The number of aromatic nitrogens is 1. The Morgan fingerprint density at radius 2 is 1.83 bits per heavy atom. The summed E-state index contributed by atoms with van der Waals surface area (Å²) in [6, 6.07) is 12.3. The van der Waals surface area contributed by atoms with Crippen molar-refractivity contribution >= 4 is 38.6 Å². The van der Waals surface area contributed by atoms with Gasteiger partial charge < -0.3 is 9.32 Å².